The van der Waals surface area contributed by atoms with E-state index in [9.17, 15) is 26.7 Å². The number of hydrogen-bond donors (Lipinski definition) is 0. The molecule has 4 rings (SSSR count). The molecule has 2 unspecified atom stereocenters. The lowest BCUT2D eigenvalue weighted by Gasteiger charge is -2.41. The molecule has 0 spiro atoms. The van der Waals surface area contributed by atoms with Crippen LogP contribution in [0.15, 0.2) is 30.7 Å². The fraction of sp³-hybridized carbons (Fsp3) is 0.522. The Labute approximate surface area is 204 Å². The van der Waals surface area contributed by atoms with E-state index in [1.165, 1.54) is 24.1 Å². The number of aromatic nitrogens is 5. The number of carbonyl (C=O) groups excluding carboxylic acids is 1. The molecule has 1 aliphatic rings. The van der Waals surface area contributed by atoms with Crippen molar-refractivity contribution in [3.05, 3.63) is 36.3 Å². The van der Waals surface area contributed by atoms with E-state index in [4.69, 9.17) is 0 Å². The van der Waals surface area contributed by atoms with Crippen molar-refractivity contribution in [3.63, 3.8) is 0 Å². The van der Waals surface area contributed by atoms with E-state index in [2.05, 4.69) is 25.0 Å². The van der Waals surface area contributed by atoms with Crippen molar-refractivity contribution >= 4 is 28.7 Å². The topological polar surface area (TPSA) is 80.0 Å². The molecule has 0 N–H and O–H groups in total. The highest BCUT2D eigenvalue weighted by atomic mass is 19.4. The number of amides is 1. The number of hydrogen-bond acceptors (Lipinski definition) is 6. The van der Waals surface area contributed by atoms with Gasteiger partial charge in [-0.15, -0.1) is 0 Å². The highest BCUT2D eigenvalue weighted by Gasteiger charge is 2.33. The summed E-state index contributed by atoms with van der Waals surface area (Å²) in [5.74, 6) is 0.321. The fourth-order valence-electron chi connectivity index (χ4n) is 4.55. The van der Waals surface area contributed by atoms with Crippen LogP contribution in [-0.4, -0.2) is 56.2 Å². The van der Waals surface area contributed by atoms with Crippen LogP contribution in [0.5, 0.6) is 0 Å². The van der Waals surface area contributed by atoms with Crippen molar-refractivity contribution in [1.82, 2.24) is 24.7 Å². The summed E-state index contributed by atoms with van der Waals surface area (Å²) in [5, 5.41) is 3.96. The van der Waals surface area contributed by atoms with Crippen molar-refractivity contribution in [2.24, 2.45) is 5.92 Å². The molecule has 0 aliphatic carbocycles. The third-order valence-electron chi connectivity index (χ3n) is 6.39. The first-order valence-corrected chi connectivity index (χ1v) is 11.6. The van der Waals surface area contributed by atoms with Gasteiger partial charge in [0.2, 0.25) is 5.91 Å². The molecule has 0 bridgehead atoms. The molecule has 0 saturated carbocycles. The van der Waals surface area contributed by atoms with Crippen molar-refractivity contribution in [2.75, 3.05) is 22.9 Å². The summed E-state index contributed by atoms with van der Waals surface area (Å²) in [5.41, 5.74) is -0.203. The third kappa shape index (κ3) is 5.54. The average Bonchev–Trinajstić information content (AvgIpc) is 3.23. The Bertz CT molecular complexity index is 1200. The summed E-state index contributed by atoms with van der Waals surface area (Å²) in [6, 6.07) is 2.24. The molecule has 8 nitrogen and oxygen atoms in total. The molecule has 2 atom stereocenters. The quantitative estimate of drug-likeness (QED) is 0.433. The minimum absolute atomic E-state index is 0.0238. The van der Waals surface area contributed by atoms with E-state index in [0.717, 1.165) is 36.2 Å². The summed E-state index contributed by atoms with van der Waals surface area (Å²) in [7, 11) is 0. The lowest BCUT2D eigenvalue weighted by Crippen LogP contribution is -2.47. The second kappa shape index (κ2) is 10.3. The van der Waals surface area contributed by atoms with Gasteiger partial charge >= 0.3 is 6.18 Å². The number of rotatable bonds is 7. The standard InChI is InChI=1S/C23H26F5N7O/c1-3-17-6-4-15(11-33(14(2)36)20-7-5-16(8-30-20)23(26,27)28)12-34(17)21-10-29-18-9-31-35(13-19(24)25)22(18)32-21/h5,7-10,15,17,19H,3-4,6,11-13H2,1-2H3. The molecule has 4 heterocycles. The molecule has 1 amide bonds. The number of piperidine rings is 1. The molecular formula is C23H26F5N7O. The lowest BCUT2D eigenvalue weighted by molar-refractivity contribution is -0.137. The minimum Gasteiger partial charge on any atom is -0.352 e. The van der Waals surface area contributed by atoms with Gasteiger partial charge in [0.25, 0.3) is 6.43 Å². The molecule has 13 heteroatoms. The van der Waals surface area contributed by atoms with Crippen LogP contribution in [0.1, 0.15) is 38.7 Å². The maximum absolute atomic E-state index is 12.9. The molecular weight excluding hydrogens is 485 g/mol. The van der Waals surface area contributed by atoms with Crippen LogP contribution in [-0.2, 0) is 17.5 Å². The zero-order chi connectivity index (χ0) is 26.0. The van der Waals surface area contributed by atoms with Crippen molar-refractivity contribution in [1.29, 1.82) is 0 Å². The van der Waals surface area contributed by atoms with Gasteiger partial charge < -0.3 is 4.90 Å². The number of anilines is 2. The number of fused-ring (bicyclic) bond motifs is 1. The van der Waals surface area contributed by atoms with Crippen molar-refractivity contribution in [3.8, 4) is 0 Å². The van der Waals surface area contributed by atoms with E-state index in [1.54, 1.807) is 6.20 Å². The first kappa shape index (κ1) is 25.7. The van der Waals surface area contributed by atoms with E-state index < -0.39 is 24.7 Å². The Balaban J connectivity index is 1.56. The van der Waals surface area contributed by atoms with Crippen LogP contribution in [0.25, 0.3) is 11.2 Å². The molecule has 1 fully saturated rings. The first-order valence-electron chi connectivity index (χ1n) is 11.6. The van der Waals surface area contributed by atoms with E-state index in [-0.39, 0.29) is 35.9 Å². The fourth-order valence-corrected chi connectivity index (χ4v) is 4.55. The highest BCUT2D eigenvalue weighted by molar-refractivity contribution is 5.90. The number of nitrogens with zero attached hydrogens (tertiary/aromatic N) is 7. The summed E-state index contributed by atoms with van der Waals surface area (Å²) in [6.07, 6.45) is -0.995. The van der Waals surface area contributed by atoms with Gasteiger partial charge in [0, 0.05) is 32.3 Å². The van der Waals surface area contributed by atoms with Gasteiger partial charge in [-0.3, -0.25) is 9.69 Å². The second-order valence-corrected chi connectivity index (χ2v) is 8.85. The molecule has 0 radical (unpaired) electrons. The van der Waals surface area contributed by atoms with E-state index >= 15 is 0 Å². The van der Waals surface area contributed by atoms with Gasteiger partial charge in [-0.05, 0) is 37.3 Å². The summed E-state index contributed by atoms with van der Waals surface area (Å²) in [6.45, 7) is 3.57. The first-order chi connectivity index (χ1) is 17.1. The summed E-state index contributed by atoms with van der Waals surface area (Å²) < 4.78 is 65.8. The molecule has 3 aromatic rings. The Morgan fingerprint density at radius 3 is 2.56 bits per heavy atom. The van der Waals surface area contributed by atoms with Gasteiger partial charge in [-0.1, -0.05) is 6.92 Å². The van der Waals surface area contributed by atoms with Crippen LogP contribution in [0.4, 0.5) is 33.6 Å². The SMILES string of the molecule is CCC1CCC(CN(C(C)=O)c2ccc(C(F)(F)F)cn2)CN1c1cnc2cnn(CC(F)F)c2n1. The molecule has 1 aliphatic heterocycles. The van der Waals surface area contributed by atoms with Crippen LogP contribution in [0.2, 0.25) is 0 Å². The predicted octanol–water partition coefficient (Wildman–Crippen LogP) is 4.55. The van der Waals surface area contributed by atoms with E-state index in [1.807, 2.05) is 6.92 Å². The summed E-state index contributed by atoms with van der Waals surface area (Å²) >= 11 is 0. The number of alkyl halides is 5. The zero-order valence-corrected chi connectivity index (χ0v) is 19.8. The Morgan fingerprint density at radius 1 is 1.17 bits per heavy atom. The normalized spacial score (nSPS) is 18.7. The summed E-state index contributed by atoms with van der Waals surface area (Å²) in [4.78, 5) is 28.6. The van der Waals surface area contributed by atoms with Gasteiger partial charge in [-0.25, -0.2) is 28.4 Å². The van der Waals surface area contributed by atoms with Gasteiger partial charge in [-0.2, -0.15) is 18.3 Å². The van der Waals surface area contributed by atoms with Crippen LogP contribution >= 0.6 is 0 Å². The smallest absolute Gasteiger partial charge is 0.352 e. The van der Waals surface area contributed by atoms with Crippen LogP contribution in [0, 0.1) is 5.92 Å². The lowest BCUT2D eigenvalue weighted by atomic mass is 9.91. The maximum atomic E-state index is 12.9. The predicted molar refractivity (Wildman–Crippen MR) is 123 cm³/mol. The molecule has 0 aromatic carbocycles. The molecule has 3 aromatic heterocycles. The van der Waals surface area contributed by atoms with Crippen molar-refractivity contribution in [2.45, 2.75) is 58.3 Å². The number of halogens is 5. The third-order valence-corrected chi connectivity index (χ3v) is 6.39. The highest BCUT2D eigenvalue weighted by Crippen LogP contribution is 2.32. The van der Waals surface area contributed by atoms with Gasteiger partial charge in [0.15, 0.2) is 5.65 Å². The second-order valence-electron chi connectivity index (χ2n) is 8.85. The Morgan fingerprint density at radius 2 is 1.94 bits per heavy atom. The monoisotopic (exact) mass is 511 g/mol. The Kier molecular flexibility index (Phi) is 7.36. The zero-order valence-electron chi connectivity index (χ0n) is 19.8. The minimum atomic E-state index is -4.52. The van der Waals surface area contributed by atoms with Crippen LogP contribution in [0.3, 0.4) is 0 Å². The molecule has 36 heavy (non-hydrogen) atoms. The maximum Gasteiger partial charge on any atom is 0.417 e. The number of carbonyl (C=O) groups is 1. The van der Waals surface area contributed by atoms with Gasteiger partial charge in [0.1, 0.15) is 23.7 Å². The van der Waals surface area contributed by atoms with Crippen LogP contribution < -0.4 is 9.80 Å². The van der Waals surface area contributed by atoms with Crippen molar-refractivity contribution < 1.29 is 26.7 Å². The average molecular weight is 511 g/mol. The van der Waals surface area contributed by atoms with Gasteiger partial charge in [0.05, 0.1) is 18.0 Å². The molecule has 1 saturated heterocycles. The van der Waals surface area contributed by atoms with E-state index in [0.29, 0.717) is 17.9 Å². The largest absolute Gasteiger partial charge is 0.417 e. The number of pyridine rings is 1. The Hall–Kier alpha value is -3.38. The molecule has 194 valence electrons.